The Kier molecular flexibility index (Phi) is 6.02. The Morgan fingerprint density at radius 1 is 1.17 bits per heavy atom. The standard InChI is InChI=1S/C23H25ClN2O2S2/c1-23(2,3)18(27)12-20-25-15-6-5-7-17-21(22(15)30-20)26-19(29-17)11-13-10-14(24)8-9-16(13)28-4/h8-10H,5-7,11-12H2,1-4H3. The van der Waals surface area contributed by atoms with E-state index in [1.807, 2.05) is 39.0 Å². The van der Waals surface area contributed by atoms with Crippen LogP contribution < -0.4 is 4.74 Å². The second kappa shape index (κ2) is 8.40. The first-order valence-corrected chi connectivity index (χ1v) is 12.1. The maximum atomic E-state index is 12.5. The van der Waals surface area contributed by atoms with Gasteiger partial charge in [0.25, 0.3) is 0 Å². The summed E-state index contributed by atoms with van der Waals surface area (Å²) in [4.78, 5) is 24.8. The van der Waals surface area contributed by atoms with Gasteiger partial charge in [0.2, 0.25) is 0 Å². The van der Waals surface area contributed by atoms with Crippen LogP contribution in [-0.4, -0.2) is 22.9 Å². The molecule has 4 nitrogen and oxygen atoms in total. The minimum absolute atomic E-state index is 0.221. The molecule has 0 saturated heterocycles. The minimum atomic E-state index is -0.349. The van der Waals surface area contributed by atoms with E-state index in [1.54, 1.807) is 29.8 Å². The molecule has 2 aromatic heterocycles. The Labute approximate surface area is 190 Å². The van der Waals surface area contributed by atoms with Crippen LogP contribution in [0.1, 0.15) is 53.3 Å². The smallest absolute Gasteiger partial charge is 0.144 e. The molecule has 0 atom stereocenters. The maximum absolute atomic E-state index is 12.5. The van der Waals surface area contributed by atoms with Gasteiger partial charge in [-0.1, -0.05) is 32.4 Å². The molecule has 0 radical (unpaired) electrons. The fourth-order valence-electron chi connectivity index (χ4n) is 3.52. The van der Waals surface area contributed by atoms with Crippen molar-refractivity contribution in [3.8, 4) is 16.3 Å². The monoisotopic (exact) mass is 460 g/mol. The molecule has 30 heavy (non-hydrogen) atoms. The Morgan fingerprint density at radius 2 is 1.97 bits per heavy atom. The summed E-state index contributed by atoms with van der Waals surface area (Å²) < 4.78 is 5.50. The average molecular weight is 461 g/mol. The minimum Gasteiger partial charge on any atom is -0.496 e. The van der Waals surface area contributed by atoms with Crippen molar-refractivity contribution in [3.63, 3.8) is 0 Å². The summed E-state index contributed by atoms with van der Waals surface area (Å²) in [5, 5.41) is 2.65. The number of hydrogen-bond donors (Lipinski definition) is 0. The predicted molar refractivity (Wildman–Crippen MR) is 124 cm³/mol. The van der Waals surface area contributed by atoms with Gasteiger partial charge in [0.15, 0.2) is 0 Å². The van der Waals surface area contributed by atoms with E-state index in [0.29, 0.717) is 17.9 Å². The molecule has 0 amide bonds. The van der Waals surface area contributed by atoms with Crippen molar-refractivity contribution >= 4 is 40.1 Å². The Hall–Kier alpha value is -1.76. The zero-order valence-electron chi connectivity index (χ0n) is 17.7. The first-order chi connectivity index (χ1) is 14.2. The largest absolute Gasteiger partial charge is 0.496 e. The lowest BCUT2D eigenvalue weighted by molar-refractivity contribution is -0.125. The van der Waals surface area contributed by atoms with E-state index in [0.717, 1.165) is 56.9 Å². The zero-order chi connectivity index (χ0) is 21.5. The summed E-state index contributed by atoms with van der Waals surface area (Å²) in [6.07, 6.45) is 4.09. The molecule has 1 aromatic carbocycles. The van der Waals surface area contributed by atoms with E-state index in [4.69, 9.17) is 26.3 Å². The van der Waals surface area contributed by atoms with Crippen LogP contribution in [0.3, 0.4) is 0 Å². The molecule has 1 aliphatic carbocycles. The van der Waals surface area contributed by atoms with E-state index in [-0.39, 0.29) is 11.2 Å². The molecule has 0 fully saturated rings. The van der Waals surface area contributed by atoms with Gasteiger partial charge in [-0.2, -0.15) is 0 Å². The molecule has 1 aliphatic rings. The summed E-state index contributed by atoms with van der Waals surface area (Å²) in [5.74, 6) is 1.05. The molecule has 3 aromatic rings. The highest BCUT2D eigenvalue weighted by Crippen LogP contribution is 2.40. The third kappa shape index (κ3) is 4.46. The highest BCUT2D eigenvalue weighted by molar-refractivity contribution is 7.16. The molecule has 7 heteroatoms. The number of rotatable bonds is 5. The van der Waals surface area contributed by atoms with E-state index >= 15 is 0 Å². The normalized spacial score (nSPS) is 13.5. The number of hydrogen-bond acceptors (Lipinski definition) is 6. The highest BCUT2D eigenvalue weighted by Gasteiger charge is 2.27. The molecular weight excluding hydrogens is 436 g/mol. The number of carbonyl (C=O) groups excluding carboxylic acids is 1. The summed E-state index contributed by atoms with van der Waals surface area (Å²) in [6, 6.07) is 5.68. The SMILES string of the molecule is COc1ccc(Cl)cc1Cc1nc2c(s1)CCCc1nc(CC(=O)C(C)(C)C)sc1-2. The Bertz CT molecular complexity index is 1100. The van der Waals surface area contributed by atoms with Gasteiger partial charge in [-0.3, -0.25) is 4.79 Å². The number of thiazole rings is 2. The molecule has 4 rings (SSSR count). The number of ether oxygens (including phenoxy) is 1. The van der Waals surface area contributed by atoms with Crippen LogP contribution in [0, 0.1) is 5.41 Å². The van der Waals surface area contributed by atoms with Crippen LogP contribution in [-0.2, 0) is 30.5 Å². The van der Waals surface area contributed by atoms with E-state index in [9.17, 15) is 4.79 Å². The molecule has 158 valence electrons. The molecule has 0 aliphatic heterocycles. The maximum Gasteiger partial charge on any atom is 0.144 e. The topological polar surface area (TPSA) is 52.1 Å². The number of methoxy groups -OCH3 is 1. The number of ketones is 1. The van der Waals surface area contributed by atoms with Crippen molar-refractivity contribution in [2.24, 2.45) is 5.41 Å². The third-order valence-electron chi connectivity index (χ3n) is 5.25. The number of halogens is 1. The van der Waals surface area contributed by atoms with Gasteiger partial charge >= 0.3 is 0 Å². The van der Waals surface area contributed by atoms with E-state index in [2.05, 4.69) is 0 Å². The van der Waals surface area contributed by atoms with Crippen molar-refractivity contribution in [1.82, 2.24) is 9.97 Å². The summed E-state index contributed by atoms with van der Waals surface area (Å²) >= 11 is 9.59. The van der Waals surface area contributed by atoms with E-state index in [1.165, 1.54) is 4.88 Å². The zero-order valence-corrected chi connectivity index (χ0v) is 20.1. The lowest BCUT2D eigenvalue weighted by Crippen LogP contribution is -2.22. The molecule has 0 N–H and O–H groups in total. The Morgan fingerprint density at radius 3 is 2.70 bits per heavy atom. The van der Waals surface area contributed by atoms with Gasteiger partial charge in [0.05, 0.1) is 34.8 Å². The quantitative estimate of drug-likeness (QED) is 0.457. The summed E-state index contributed by atoms with van der Waals surface area (Å²) in [6.45, 7) is 5.88. The molecule has 0 spiro atoms. The van der Waals surface area contributed by atoms with Crippen molar-refractivity contribution in [2.45, 2.75) is 52.9 Å². The van der Waals surface area contributed by atoms with Gasteiger partial charge in [-0.05, 0) is 37.5 Å². The molecule has 2 heterocycles. The van der Waals surface area contributed by atoms with Crippen LogP contribution in [0.15, 0.2) is 18.2 Å². The van der Waals surface area contributed by atoms with Crippen molar-refractivity contribution in [3.05, 3.63) is 49.4 Å². The number of benzene rings is 1. The molecular formula is C23H25ClN2O2S2. The van der Waals surface area contributed by atoms with Gasteiger partial charge in [-0.25, -0.2) is 9.97 Å². The number of aromatic nitrogens is 2. The Balaban J connectivity index is 1.65. The van der Waals surface area contributed by atoms with Crippen LogP contribution in [0.5, 0.6) is 5.75 Å². The van der Waals surface area contributed by atoms with Gasteiger partial charge in [-0.15, -0.1) is 22.7 Å². The van der Waals surface area contributed by atoms with Crippen molar-refractivity contribution in [2.75, 3.05) is 7.11 Å². The second-order valence-electron chi connectivity index (χ2n) is 8.60. The van der Waals surface area contributed by atoms with Gasteiger partial charge in [0, 0.05) is 27.3 Å². The van der Waals surface area contributed by atoms with E-state index < -0.39 is 0 Å². The van der Waals surface area contributed by atoms with Crippen molar-refractivity contribution in [1.29, 1.82) is 0 Å². The third-order valence-corrected chi connectivity index (χ3v) is 7.70. The molecule has 0 saturated carbocycles. The van der Waals surface area contributed by atoms with Crippen molar-refractivity contribution < 1.29 is 9.53 Å². The summed E-state index contributed by atoms with van der Waals surface area (Å²) in [7, 11) is 1.67. The first kappa shape index (κ1) is 21.5. The average Bonchev–Trinajstić information content (AvgIpc) is 3.21. The number of carbonyl (C=O) groups is 1. The summed E-state index contributed by atoms with van der Waals surface area (Å²) in [5.41, 5.74) is 2.83. The number of fused-ring (bicyclic) bond motifs is 3. The highest BCUT2D eigenvalue weighted by atomic mass is 35.5. The number of aryl methyl sites for hydroxylation is 2. The van der Waals surface area contributed by atoms with Crippen LogP contribution in [0.2, 0.25) is 5.02 Å². The number of nitrogens with zero attached hydrogens (tertiary/aromatic N) is 2. The molecule has 0 unspecified atom stereocenters. The lowest BCUT2D eigenvalue weighted by Gasteiger charge is -2.15. The van der Waals surface area contributed by atoms with Gasteiger partial charge < -0.3 is 4.74 Å². The molecule has 0 bridgehead atoms. The second-order valence-corrected chi connectivity index (χ2v) is 11.3. The first-order valence-electron chi connectivity index (χ1n) is 10.1. The van der Waals surface area contributed by atoms with Crippen LogP contribution in [0.4, 0.5) is 0 Å². The van der Waals surface area contributed by atoms with Crippen LogP contribution in [0.25, 0.3) is 10.6 Å². The number of Topliss-reactive ketones (excluding diaryl/α,β-unsaturated/α-hetero) is 1. The van der Waals surface area contributed by atoms with Crippen LogP contribution >= 0.6 is 34.3 Å². The lowest BCUT2D eigenvalue weighted by atomic mass is 9.89. The fourth-order valence-corrected chi connectivity index (χ4v) is 6.05. The fraction of sp³-hybridized carbons (Fsp3) is 0.435. The van der Waals surface area contributed by atoms with Gasteiger partial charge in [0.1, 0.15) is 16.5 Å². The predicted octanol–water partition coefficient (Wildman–Crippen LogP) is 6.17.